The maximum Gasteiger partial charge on any atom is 0.270 e. The maximum absolute atomic E-state index is 14.2. The highest BCUT2D eigenvalue weighted by molar-refractivity contribution is 8.01. The minimum absolute atomic E-state index is 0.108. The average molecular weight is 509 g/mol. The van der Waals surface area contributed by atoms with Gasteiger partial charge < -0.3 is 14.5 Å². The Labute approximate surface area is 213 Å². The van der Waals surface area contributed by atoms with Gasteiger partial charge >= 0.3 is 0 Å². The summed E-state index contributed by atoms with van der Waals surface area (Å²) in [7, 11) is 1.55. The van der Waals surface area contributed by atoms with Crippen LogP contribution in [0.25, 0.3) is 0 Å². The Hall–Kier alpha value is -3.39. The molecule has 0 aromatic heterocycles. The standard InChI is InChI=1S/C28H26F2N2O3S/c1-18-7-4-5-10-22(18)25(33)32-13-14-36-28(32)23-16-21(35-3)11-12-24(23)31(26(28)34)17-19-8-6-9-20(15-19)27(2,29)30/h4-12,15-16H,13-14,17H2,1-3H3. The second-order valence-electron chi connectivity index (χ2n) is 9.13. The first kappa shape index (κ1) is 24.3. The third-order valence-electron chi connectivity index (χ3n) is 6.80. The molecule has 2 heterocycles. The lowest BCUT2D eigenvalue weighted by molar-refractivity contribution is -0.123. The third-order valence-corrected chi connectivity index (χ3v) is 8.22. The van der Waals surface area contributed by atoms with E-state index in [0.717, 1.165) is 12.5 Å². The number of thioether (sulfide) groups is 1. The largest absolute Gasteiger partial charge is 0.497 e. The van der Waals surface area contributed by atoms with E-state index in [1.165, 1.54) is 23.9 Å². The van der Waals surface area contributed by atoms with Gasteiger partial charge in [-0.1, -0.05) is 36.4 Å². The first-order valence-electron chi connectivity index (χ1n) is 11.7. The molecule has 0 radical (unpaired) electrons. The molecule has 0 N–H and O–H groups in total. The molecule has 2 aliphatic heterocycles. The SMILES string of the molecule is COc1ccc2c(c1)C1(SCCN1C(=O)c1ccccc1C)C(=O)N2Cc1cccc(C(C)(F)F)c1. The van der Waals surface area contributed by atoms with E-state index in [2.05, 4.69) is 0 Å². The van der Waals surface area contributed by atoms with Gasteiger partial charge in [-0.05, 0) is 48.4 Å². The number of nitrogens with zero attached hydrogens (tertiary/aromatic N) is 2. The van der Waals surface area contributed by atoms with Gasteiger partial charge in [0.1, 0.15) is 5.75 Å². The van der Waals surface area contributed by atoms with Crippen molar-refractivity contribution in [2.75, 3.05) is 24.3 Å². The lowest BCUT2D eigenvalue weighted by Gasteiger charge is -2.33. The fraction of sp³-hybridized carbons (Fsp3) is 0.286. The van der Waals surface area contributed by atoms with Crippen LogP contribution in [-0.2, 0) is 22.1 Å². The summed E-state index contributed by atoms with van der Waals surface area (Å²) in [4.78, 5) is 30.0. The molecular weight excluding hydrogens is 482 g/mol. The van der Waals surface area contributed by atoms with Crippen LogP contribution in [0.2, 0.25) is 0 Å². The number of rotatable bonds is 5. The van der Waals surface area contributed by atoms with E-state index in [9.17, 15) is 18.4 Å². The number of carbonyl (C=O) groups is 2. The average Bonchev–Trinajstić information content (AvgIpc) is 3.40. The predicted molar refractivity (Wildman–Crippen MR) is 137 cm³/mol. The van der Waals surface area contributed by atoms with Crippen LogP contribution < -0.4 is 9.64 Å². The highest BCUT2D eigenvalue weighted by atomic mass is 32.2. The summed E-state index contributed by atoms with van der Waals surface area (Å²) in [5, 5.41) is 0. The zero-order chi connectivity index (χ0) is 25.7. The number of halogens is 2. The molecular formula is C28H26F2N2O3S. The van der Waals surface area contributed by atoms with E-state index in [0.29, 0.717) is 40.4 Å². The van der Waals surface area contributed by atoms with E-state index >= 15 is 0 Å². The fourth-order valence-electron chi connectivity index (χ4n) is 4.96. The zero-order valence-corrected chi connectivity index (χ0v) is 21.1. The quantitative estimate of drug-likeness (QED) is 0.443. The molecule has 0 saturated carbocycles. The molecule has 1 atom stereocenters. The monoisotopic (exact) mass is 508 g/mol. The number of methoxy groups -OCH3 is 1. The molecule has 1 saturated heterocycles. The molecule has 36 heavy (non-hydrogen) atoms. The van der Waals surface area contributed by atoms with Gasteiger partial charge in [-0.15, -0.1) is 11.8 Å². The molecule has 0 aliphatic carbocycles. The minimum Gasteiger partial charge on any atom is -0.497 e. The molecule has 2 aliphatic rings. The van der Waals surface area contributed by atoms with E-state index < -0.39 is 10.8 Å². The summed E-state index contributed by atoms with van der Waals surface area (Å²) in [5.74, 6) is -2.30. The predicted octanol–water partition coefficient (Wildman–Crippen LogP) is 5.70. The van der Waals surface area contributed by atoms with Gasteiger partial charge in [0, 0.05) is 35.9 Å². The Morgan fingerprint density at radius 1 is 1.11 bits per heavy atom. The van der Waals surface area contributed by atoms with Crippen LogP contribution >= 0.6 is 11.8 Å². The fourth-order valence-corrected chi connectivity index (χ4v) is 6.41. The third kappa shape index (κ3) is 3.84. The number of carbonyl (C=O) groups excluding carboxylic acids is 2. The van der Waals surface area contributed by atoms with Crippen molar-refractivity contribution in [1.82, 2.24) is 4.90 Å². The molecule has 1 spiro atoms. The first-order valence-corrected chi connectivity index (χ1v) is 12.6. The van der Waals surface area contributed by atoms with E-state index in [-0.39, 0.29) is 23.9 Å². The molecule has 3 aromatic rings. The molecule has 0 bridgehead atoms. The normalized spacial score (nSPS) is 19.2. The second kappa shape index (κ2) is 8.92. The van der Waals surface area contributed by atoms with Crippen LogP contribution in [0.3, 0.4) is 0 Å². The van der Waals surface area contributed by atoms with Crippen molar-refractivity contribution in [3.05, 3.63) is 94.5 Å². The molecule has 186 valence electrons. The van der Waals surface area contributed by atoms with Gasteiger partial charge in [-0.3, -0.25) is 9.59 Å². The van der Waals surface area contributed by atoms with E-state index in [1.807, 2.05) is 25.1 Å². The van der Waals surface area contributed by atoms with Crippen LogP contribution in [0.15, 0.2) is 66.7 Å². The number of benzene rings is 3. The molecule has 1 unspecified atom stereocenters. The van der Waals surface area contributed by atoms with Crippen LogP contribution in [0.1, 0.15) is 39.5 Å². The van der Waals surface area contributed by atoms with Crippen molar-refractivity contribution in [2.24, 2.45) is 0 Å². The Morgan fingerprint density at radius 2 is 1.89 bits per heavy atom. The molecule has 3 aromatic carbocycles. The first-order chi connectivity index (χ1) is 17.2. The summed E-state index contributed by atoms with van der Waals surface area (Å²) in [6, 6.07) is 18.8. The number of hydrogen-bond donors (Lipinski definition) is 0. The summed E-state index contributed by atoms with van der Waals surface area (Å²) < 4.78 is 33.4. The molecule has 8 heteroatoms. The van der Waals surface area contributed by atoms with Crippen molar-refractivity contribution in [3.63, 3.8) is 0 Å². The molecule has 5 nitrogen and oxygen atoms in total. The maximum atomic E-state index is 14.2. The van der Waals surface area contributed by atoms with Gasteiger partial charge in [0.05, 0.1) is 19.3 Å². The Bertz CT molecular complexity index is 1360. The topological polar surface area (TPSA) is 49.9 Å². The van der Waals surface area contributed by atoms with E-state index in [4.69, 9.17) is 4.74 Å². The Morgan fingerprint density at radius 3 is 2.61 bits per heavy atom. The van der Waals surface area contributed by atoms with Crippen LogP contribution in [-0.4, -0.2) is 36.1 Å². The van der Waals surface area contributed by atoms with Crippen molar-refractivity contribution < 1.29 is 23.1 Å². The van der Waals surface area contributed by atoms with Crippen LogP contribution in [0.4, 0.5) is 14.5 Å². The van der Waals surface area contributed by atoms with Gasteiger partial charge in [0.2, 0.25) is 0 Å². The molecule has 1 fully saturated rings. The number of aryl methyl sites for hydroxylation is 1. The zero-order valence-electron chi connectivity index (χ0n) is 20.3. The number of amides is 2. The lowest BCUT2D eigenvalue weighted by atomic mass is 10.0. The molecule has 5 rings (SSSR count). The Kier molecular flexibility index (Phi) is 6.03. The summed E-state index contributed by atoms with van der Waals surface area (Å²) in [6.45, 7) is 3.25. The van der Waals surface area contributed by atoms with E-state index in [1.54, 1.807) is 53.3 Å². The van der Waals surface area contributed by atoms with Crippen LogP contribution in [0, 0.1) is 6.92 Å². The van der Waals surface area contributed by atoms with Crippen molar-refractivity contribution in [2.45, 2.75) is 31.2 Å². The number of anilines is 1. The van der Waals surface area contributed by atoms with Crippen molar-refractivity contribution in [3.8, 4) is 5.75 Å². The van der Waals surface area contributed by atoms with Crippen molar-refractivity contribution >= 4 is 29.3 Å². The highest BCUT2D eigenvalue weighted by Gasteiger charge is 2.59. The second-order valence-corrected chi connectivity index (χ2v) is 10.4. The van der Waals surface area contributed by atoms with Crippen LogP contribution in [0.5, 0.6) is 5.75 Å². The molecule has 2 amide bonds. The minimum atomic E-state index is -2.99. The van der Waals surface area contributed by atoms with Gasteiger partial charge in [-0.2, -0.15) is 0 Å². The summed E-state index contributed by atoms with van der Waals surface area (Å²) in [5.41, 5.74) is 3.18. The van der Waals surface area contributed by atoms with Gasteiger partial charge in [-0.25, -0.2) is 8.78 Å². The number of hydrogen-bond acceptors (Lipinski definition) is 4. The van der Waals surface area contributed by atoms with Crippen molar-refractivity contribution in [1.29, 1.82) is 0 Å². The number of alkyl halides is 2. The number of fused-ring (bicyclic) bond motifs is 2. The number of ether oxygens (including phenoxy) is 1. The smallest absolute Gasteiger partial charge is 0.270 e. The lowest BCUT2D eigenvalue weighted by Crippen LogP contribution is -2.50. The highest BCUT2D eigenvalue weighted by Crippen LogP contribution is 2.55. The Balaban J connectivity index is 1.60. The summed E-state index contributed by atoms with van der Waals surface area (Å²) >= 11 is 1.42. The van der Waals surface area contributed by atoms with Gasteiger partial charge in [0.15, 0.2) is 4.87 Å². The van der Waals surface area contributed by atoms with Gasteiger partial charge in [0.25, 0.3) is 17.7 Å². The summed E-state index contributed by atoms with van der Waals surface area (Å²) in [6.07, 6.45) is 0.